The van der Waals surface area contributed by atoms with Crippen LogP contribution < -0.4 is 25.9 Å². The SMILES string of the molecule is COc1ccccc1CNc1nc(Cn2nc(OC)c3ccccc3c2=O)cc(=O)[nH]1. The van der Waals surface area contributed by atoms with Crippen LogP contribution in [0.15, 0.2) is 64.2 Å². The Morgan fingerprint density at radius 2 is 1.74 bits per heavy atom. The zero-order chi connectivity index (χ0) is 21.8. The molecule has 2 aromatic carbocycles. The molecule has 2 N–H and O–H groups in total. The largest absolute Gasteiger partial charge is 0.496 e. The molecule has 0 amide bonds. The Morgan fingerprint density at radius 1 is 1.00 bits per heavy atom. The number of fused-ring (bicyclic) bond motifs is 1. The van der Waals surface area contributed by atoms with E-state index < -0.39 is 0 Å². The first-order valence-electron chi connectivity index (χ1n) is 9.59. The molecule has 0 spiro atoms. The average Bonchev–Trinajstić information content (AvgIpc) is 2.79. The van der Waals surface area contributed by atoms with Crippen molar-refractivity contribution in [2.45, 2.75) is 13.1 Å². The van der Waals surface area contributed by atoms with Crippen LogP contribution in [0.2, 0.25) is 0 Å². The van der Waals surface area contributed by atoms with Crippen molar-refractivity contribution in [2.24, 2.45) is 0 Å². The molecule has 9 nitrogen and oxygen atoms in total. The standard InChI is InChI=1S/C22H21N5O4/c1-30-18-10-6-3-7-14(18)12-23-22-24-15(11-19(28)25-22)13-27-21(29)17-9-5-4-8-16(17)20(26-27)31-2/h3-11H,12-13H2,1-2H3,(H2,23,24,25,28). The number of nitrogens with one attached hydrogen (secondary N) is 2. The molecule has 0 aliphatic rings. The van der Waals surface area contributed by atoms with Crippen molar-refractivity contribution >= 4 is 16.7 Å². The summed E-state index contributed by atoms with van der Waals surface area (Å²) in [7, 11) is 3.09. The number of anilines is 1. The van der Waals surface area contributed by atoms with Gasteiger partial charge in [-0.1, -0.05) is 30.3 Å². The Hall–Kier alpha value is -4.14. The average molecular weight is 419 g/mol. The molecular formula is C22H21N5O4. The summed E-state index contributed by atoms with van der Waals surface area (Å²) in [5.41, 5.74) is 0.670. The number of rotatable bonds is 7. The minimum absolute atomic E-state index is 0.0211. The van der Waals surface area contributed by atoms with Gasteiger partial charge in [-0.05, 0) is 18.2 Å². The number of para-hydroxylation sites is 1. The van der Waals surface area contributed by atoms with Crippen molar-refractivity contribution in [2.75, 3.05) is 19.5 Å². The van der Waals surface area contributed by atoms with E-state index in [1.165, 1.54) is 17.9 Å². The van der Waals surface area contributed by atoms with E-state index in [1.807, 2.05) is 30.3 Å². The number of aromatic amines is 1. The number of ether oxygens (including phenoxy) is 2. The molecule has 0 bridgehead atoms. The lowest BCUT2D eigenvalue weighted by atomic mass is 10.2. The van der Waals surface area contributed by atoms with Crippen molar-refractivity contribution in [1.29, 1.82) is 0 Å². The zero-order valence-corrected chi connectivity index (χ0v) is 17.1. The normalized spacial score (nSPS) is 10.8. The van der Waals surface area contributed by atoms with Crippen molar-refractivity contribution in [3.8, 4) is 11.6 Å². The molecule has 0 unspecified atom stereocenters. The predicted molar refractivity (Wildman–Crippen MR) is 117 cm³/mol. The highest BCUT2D eigenvalue weighted by Gasteiger charge is 2.12. The second kappa shape index (κ2) is 8.70. The van der Waals surface area contributed by atoms with Gasteiger partial charge in [-0.25, -0.2) is 9.67 Å². The number of methoxy groups -OCH3 is 2. The minimum atomic E-state index is -0.340. The summed E-state index contributed by atoms with van der Waals surface area (Å²) in [6.45, 7) is 0.422. The fraction of sp³-hybridized carbons (Fsp3) is 0.182. The van der Waals surface area contributed by atoms with Gasteiger partial charge < -0.3 is 14.8 Å². The van der Waals surface area contributed by atoms with Crippen LogP contribution in [0.5, 0.6) is 11.6 Å². The quantitative estimate of drug-likeness (QED) is 0.472. The van der Waals surface area contributed by atoms with E-state index in [0.717, 1.165) is 11.3 Å². The molecule has 31 heavy (non-hydrogen) atoms. The molecule has 0 saturated carbocycles. The first-order valence-corrected chi connectivity index (χ1v) is 9.59. The number of hydrogen-bond acceptors (Lipinski definition) is 7. The molecule has 9 heteroatoms. The van der Waals surface area contributed by atoms with Gasteiger partial charge in [-0.15, -0.1) is 5.10 Å². The maximum atomic E-state index is 12.9. The van der Waals surface area contributed by atoms with E-state index in [2.05, 4.69) is 20.4 Å². The van der Waals surface area contributed by atoms with Gasteiger partial charge >= 0.3 is 0 Å². The molecular weight excluding hydrogens is 398 g/mol. The highest BCUT2D eigenvalue weighted by atomic mass is 16.5. The molecule has 0 aliphatic carbocycles. The fourth-order valence-corrected chi connectivity index (χ4v) is 3.32. The molecule has 0 fully saturated rings. The van der Waals surface area contributed by atoms with Crippen LogP contribution in [0.4, 0.5) is 5.95 Å². The van der Waals surface area contributed by atoms with E-state index >= 15 is 0 Å². The van der Waals surface area contributed by atoms with E-state index in [0.29, 0.717) is 28.9 Å². The van der Waals surface area contributed by atoms with Gasteiger partial charge in [0.25, 0.3) is 11.1 Å². The highest BCUT2D eigenvalue weighted by Crippen LogP contribution is 2.20. The number of aromatic nitrogens is 4. The highest BCUT2D eigenvalue weighted by molar-refractivity contribution is 5.85. The molecule has 4 rings (SSSR count). The van der Waals surface area contributed by atoms with Gasteiger partial charge in [0.2, 0.25) is 11.8 Å². The Kier molecular flexibility index (Phi) is 5.65. The van der Waals surface area contributed by atoms with E-state index in [4.69, 9.17) is 9.47 Å². The summed E-state index contributed by atoms with van der Waals surface area (Å²) in [6, 6.07) is 16.0. The topological polar surface area (TPSA) is 111 Å². The van der Waals surface area contributed by atoms with E-state index in [9.17, 15) is 9.59 Å². The summed E-state index contributed by atoms with van der Waals surface area (Å²) >= 11 is 0. The van der Waals surface area contributed by atoms with Crippen LogP contribution in [0, 0.1) is 0 Å². The Balaban J connectivity index is 1.63. The molecule has 0 radical (unpaired) electrons. The summed E-state index contributed by atoms with van der Waals surface area (Å²) in [6.07, 6.45) is 0. The minimum Gasteiger partial charge on any atom is -0.496 e. The lowest BCUT2D eigenvalue weighted by Crippen LogP contribution is -2.26. The van der Waals surface area contributed by atoms with Gasteiger partial charge in [0.1, 0.15) is 5.75 Å². The predicted octanol–water partition coefficient (Wildman–Crippen LogP) is 2.16. The van der Waals surface area contributed by atoms with Crippen LogP contribution in [0.25, 0.3) is 10.8 Å². The first-order chi connectivity index (χ1) is 15.1. The molecule has 2 aromatic heterocycles. The second-order valence-electron chi connectivity index (χ2n) is 6.77. The summed E-state index contributed by atoms with van der Waals surface area (Å²) < 4.78 is 11.9. The van der Waals surface area contributed by atoms with Gasteiger partial charge in [0.15, 0.2) is 0 Å². The Bertz CT molecular complexity index is 1350. The number of hydrogen-bond donors (Lipinski definition) is 2. The van der Waals surface area contributed by atoms with E-state index in [1.54, 1.807) is 25.3 Å². The second-order valence-corrected chi connectivity index (χ2v) is 6.77. The van der Waals surface area contributed by atoms with Gasteiger partial charge in [0, 0.05) is 18.2 Å². The van der Waals surface area contributed by atoms with Gasteiger partial charge in [-0.2, -0.15) is 0 Å². The van der Waals surface area contributed by atoms with E-state index in [-0.39, 0.29) is 23.6 Å². The summed E-state index contributed by atoms with van der Waals surface area (Å²) in [5.74, 6) is 1.34. The maximum Gasteiger partial charge on any atom is 0.275 e. The fourth-order valence-electron chi connectivity index (χ4n) is 3.32. The van der Waals surface area contributed by atoms with Gasteiger partial charge in [0.05, 0.1) is 37.2 Å². The Labute approximate surface area is 177 Å². The van der Waals surface area contributed by atoms with Crippen molar-refractivity contribution in [1.82, 2.24) is 19.7 Å². The lowest BCUT2D eigenvalue weighted by Gasteiger charge is -2.12. The summed E-state index contributed by atoms with van der Waals surface area (Å²) in [4.78, 5) is 32.1. The monoisotopic (exact) mass is 419 g/mol. The summed E-state index contributed by atoms with van der Waals surface area (Å²) in [5, 5.41) is 8.48. The molecule has 2 heterocycles. The molecule has 0 aliphatic heterocycles. The molecule has 0 saturated heterocycles. The first kappa shape index (κ1) is 20.1. The van der Waals surface area contributed by atoms with Gasteiger partial charge in [-0.3, -0.25) is 14.6 Å². The number of nitrogens with zero attached hydrogens (tertiary/aromatic N) is 3. The lowest BCUT2D eigenvalue weighted by molar-refractivity contribution is 0.385. The van der Waals surface area contributed by atoms with Crippen molar-refractivity contribution in [3.05, 3.63) is 86.6 Å². The van der Waals surface area contributed by atoms with Crippen LogP contribution in [-0.4, -0.2) is 34.0 Å². The van der Waals surface area contributed by atoms with Crippen LogP contribution in [0.1, 0.15) is 11.3 Å². The Morgan fingerprint density at radius 3 is 2.52 bits per heavy atom. The molecule has 0 atom stereocenters. The number of benzene rings is 2. The number of H-pyrrole nitrogens is 1. The zero-order valence-electron chi connectivity index (χ0n) is 17.1. The third-order valence-corrected chi connectivity index (χ3v) is 4.77. The van der Waals surface area contributed by atoms with Crippen molar-refractivity contribution in [3.63, 3.8) is 0 Å². The molecule has 158 valence electrons. The van der Waals surface area contributed by atoms with Crippen LogP contribution in [0.3, 0.4) is 0 Å². The smallest absolute Gasteiger partial charge is 0.275 e. The molecule has 4 aromatic rings. The third-order valence-electron chi connectivity index (χ3n) is 4.77. The van der Waals surface area contributed by atoms with Crippen molar-refractivity contribution < 1.29 is 9.47 Å². The third kappa shape index (κ3) is 4.25. The van der Waals surface area contributed by atoms with Crippen LogP contribution in [-0.2, 0) is 13.1 Å². The maximum absolute atomic E-state index is 12.9. The van der Waals surface area contributed by atoms with Crippen LogP contribution >= 0.6 is 0 Å².